The van der Waals surface area contributed by atoms with Crippen LogP contribution in [0.5, 0.6) is 0 Å². The minimum atomic E-state index is -1.00. The van der Waals surface area contributed by atoms with E-state index in [-0.39, 0.29) is 11.8 Å². The molecule has 0 unspecified atom stereocenters. The van der Waals surface area contributed by atoms with Gasteiger partial charge in [0, 0.05) is 24.0 Å². The van der Waals surface area contributed by atoms with Gasteiger partial charge in [-0.1, -0.05) is 78.9 Å². The number of hydrogen-bond acceptors (Lipinski definition) is 2. The predicted molar refractivity (Wildman–Crippen MR) is 130 cm³/mol. The Bertz CT molecular complexity index is 1300. The highest BCUT2D eigenvalue weighted by atomic mass is 16.2. The molecule has 0 saturated heterocycles. The standard InChI is InChI=1S/C28H27N3O2/c1-28(27(33)29-19-22-12-6-3-7-13-22)20-30-24-15-9-8-14-23(24)18-25(30)26(32)31(28)17-16-21-10-4-2-5-11-21/h2-15,18H,16-17,19-20H2,1H3,(H,29,33)/t28-/m0/s1. The number of rotatable bonds is 6. The summed E-state index contributed by atoms with van der Waals surface area (Å²) < 4.78 is 2.00. The number of hydrogen-bond donors (Lipinski definition) is 1. The molecule has 0 bridgehead atoms. The first-order valence-electron chi connectivity index (χ1n) is 11.3. The number of nitrogens with one attached hydrogen (secondary N) is 1. The van der Waals surface area contributed by atoms with Crippen LogP contribution < -0.4 is 5.32 Å². The fourth-order valence-electron chi connectivity index (χ4n) is 4.71. The molecule has 5 heteroatoms. The summed E-state index contributed by atoms with van der Waals surface area (Å²) in [5.41, 5.74) is 2.78. The van der Waals surface area contributed by atoms with Crippen molar-refractivity contribution < 1.29 is 9.59 Å². The summed E-state index contributed by atoms with van der Waals surface area (Å²) in [7, 11) is 0. The molecular formula is C28H27N3O2. The minimum absolute atomic E-state index is 0.106. The van der Waals surface area contributed by atoms with Crippen LogP contribution in [0.1, 0.15) is 28.5 Å². The maximum absolute atomic E-state index is 13.7. The number of nitrogens with zero attached hydrogens (tertiary/aromatic N) is 2. The van der Waals surface area contributed by atoms with E-state index in [0.29, 0.717) is 31.7 Å². The summed E-state index contributed by atoms with van der Waals surface area (Å²) in [6.07, 6.45) is 0.689. The molecule has 2 heterocycles. The van der Waals surface area contributed by atoms with Gasteiger partial charge in [-0.2, -0.15) is 0 Å². The highest BCUT2D eigenvalue weighted by Gasteiger charge is 2.47. The van der Waals surface area contributed by atoms with Gasteiger partial charge in [0.05, 0.1) is 6.54 Å². The SMILES string of the molecule is C[C@@]1(C(=O)NCc2ccccc2)Cn2c(cc3ccccc32)C(=O)N1CCc1ccccc1. The average Bonchev–Trinajstić information content (AvgIpc) is 3.22. The number of amides is 2. The van der Waals surface area contributed by atoms with Crippen molar-refractivity contribution in [2.75, 3.05) is 6.54 Å². The van der Waals surface area contributed by atoms with E-state index in [0.717, 1.165) is 22.0 Å². The van der Waals surface area contributed by atoms with Gasteiger partial charge < -0.3 is 14.8 Å². The van der Waals surface area contributed by atoms with Crippen LogP contribution in [0.2, 0.25) is 0 Å². The van der Waals surface area contributed by atoms with Gasteiger partial charge in [0.15, 0.2) is 0 Å². The van der Waals surface area contributed by atoms with Crippen molar-refractivity contribution in [1.29, 1.82) is 0 Å². The summed E-state index contributed by atoms with van der Waals surface area (Å²) in [6, 6.07) is 29.8. The van der Waals surface area contributed by atoms with Crippen LogP contribution in [0.4, 0.5) is 0 Å². The van der Waals surface area contributed by atoms with E-state index in [1.165, 1.54) is 0 Å². The second-order valence-electron chi connectivity index (χ2n) is 8.81. The third kappa shape index (κ3) is 3.91. The second-order valence-corrected chi connectivity index (χ2v) is 8.81. The smallest absolute Gasteiger partial charge is 0.271 e. The van der Waals surface area contributed by atoms with Crippen LogP contribution in [-0.4, -0.2) is 33.4 Å². The Hall–Kier alpha value is -3.86. The molecule has 0 saturated carbocycles. The van der Waals surface area contributed by atoms with Crippen molar-refractivity contribution in [2.24, 2.45) is 0 Å². The maximum atomic E-state index is 13.7. The van der Waals surface area contributed by atoms with E-state index in [4.69, 9.17) is 0 Å². The molecule has 5 rings (SSSR count). The van der Waals surface area contributed by atoms with Gasteiger partial charge in [-0.3, -0.25) is 9.59 Å². The van der Waals surface area contributed by atoms with Crippen LogP contribution in [-0.2, 0) is 24.3 Å². The van der Waals surface area contributed by atoms with E-state index in [1.807, 2.05) is 90.4 Å². The Balaban J connectivity index is 1.48. The molecule has 166 valence electrons. The molecule has 33 heavy (non-hydrogen) atoms. The largest absolute Gasteiger partial charge is 0.350 e. The average molecular weight is 438 g/mol. The van der Waals surface area contributed by atoms with Crippen LogP contribution in [0, 0.1) is 0 Å². The first-order chi connectivity index (χ1) is 16.1. The van der Waals surface area contributed by atoms with E-state index in [2.05, 4.69) is 17.4 Å². The summed E-state index contributed by atoms with van der Waals surface area (Å²) in [4.78, 5) is 29.1. The minimum Gasteiger partial charge on any atom is -0.350 e. The fraction of sp³-hybridized carbons (Fsp3) is 0.214. The summed E-state index contributed by atoms with van der Waals surface area (Å²) in [5, 5.41) is 4.09. The molecular weight excluding hydrogens is 410 g/mol. The van der Waals surface area contributed by atoms with Gasteiger partial charge in [-0.15, -0.1) is 0 Å². The number of fused-ring (bicyclic) bond motifs is 3. The molecule has 1 aromatic heterocycles. The first kappa shape index (κ1) is 21.0. The topological polar surface area (TPSA) is 54.3 Å². The third-order valence-corrected chi connectivity index (χ3v) is 6.59. The maximum Gasteiger partial charge on any atom is 0.271 e. The van der Waals surface area contributed by atoms with Crippen molar-refractivity contribution in [2.45, 2.75) is 32.0 Å². The zero-order chi connectivity index (χ0) is 22.8. The lowest BCUT2D eigenvalue weighted by Crippen LogP contribution is -2.64. The molecule has 0 aliphatic carbocycles. The molecule has 1 atom stereocenters. The Morgan fingerprint density at radius 3 is 2.27 bits per heavy atom. The zero-order valence-electron chi connectivity index (χ0n) is 18.7. The number of benzene rings is 3. The van der Waals surface area contributed by atoms with E-state index < -0.39 is 5.54 Å². The van der Waals surface area contributed by atoms with Crippen molar-refractivity contribution in [3.63, 3.8) is 0 Å². The Labute approximate surface area is 193 Å². The molecule has 1 N–H and O–H groups in total. The molecule has 0 spiro atoms. The molecule has 5 nitrogen and oxygen atoms in total. The van der Waals surface area contributed by atoms with Crippen LogP contribution in [0.25, 0.3) is 10.9 Å². The summed E-state index contributed by atoms with van der Waals surface area (Å²) in [5.74, 6) is -0.248. The lowest BCUT2D eigenvalue weighted by atomic mass is 9.93. The van der Waals surface area contributed by atoms with E-state index in [9.17, 15) is 9.59 Å². The van der Waals surface area contributed by atoms with E-state index >= 15 is 0 Å². The molecule has 4 aromatic rings. The highest BCUT2D eigenvalue weighted by molar-refractivity contribution is 6.03. The van der Waals surface area contributed by atoms with Gasteiger partial charge in [0.25, 0.3) is 5.91 Å². The fourth-order valence-corrected chi connectivity index (χ4v) is 4.71. The zero-order valence-corrected chi connectivity index (χ0v) is 18.7. The summed E-state index contributed by atoms with van der Waals surface area (Å²) >= 11 is 0. The van der Waals surface area contributed by atoms with Crippen LogP contribution in [0.3, 0.4) is 0 Å². The number of carbonyl (C=O) groups excluding carboxylic acids is 2. The molecule has 2 amide bonds. The molecule has 0 radical (unpaired) electrons. The predicted octanol–water partition coefficient (Wildman–Crippen LogP) is 4.41. The number of para-hydroxylation sites is 1. The quantitative estimate of drug-likeness (QED) is 0.486. The second kappa shape index (κ2) is 8.58. The van der Waals surface area contributed by atoms with E-state index in [1.54, 1.807) is 4.90 Å². The van der Waals surface area contributed by atoms with Crippen molar-refractivity contribution in [3.05, 3.63) is 108 Å². The lowest BCUT2D eigenvalue weighted by Gasteiger charge is -2.44. The van der Waals surface area contributed by atoms with Crippen molar-refractivity contribution in [1.82, 2.24) is 14.8 Å². The monoisotopic (exact) mass is 437 g/mol. The third-order valence-electron chi connectivity index (χ3n) is 6.59. The molecule has 3 aromatic carbocycles. The van der Waals surface area contributed by atoms with Crippen LogP contribution >= 0.6 is 0 Å². The Kier molecular flexibility index (Phi) is 5.47. The Morgan fingerprint density at radius 1 is 0.909 bits per heavy atom. The van der Waals surface area contributed by atoms with Crippen molar-refractivity contribution >= 4 is 22.7 Å². The Morgan fingerprint density at radius 2 is 1.55 bits per heavy atom. The van der Waals surface area contributed by atoms with Gasteiger partial charge in [-0.05, 0) is 36.6 Å². The molecule has 1 aliphatic heterocycles. The van der Waals surface area contributed by atoms with Crippen molar-refractivity contribution in [3.8, 4) is 0 Å². The van der Waals surface area contributed by atoms with Gasteiger partial charge >= 0.3 is 0 Å². The number of aromatic nitrogens is 1. The molecule has 1 aliphatic rings. The lowest BCUT2D eigenvalue weighted by molar-refractivity contribution is -0.133. The molecule has 0 fully saturated rings. The highest BCUT2D eigenvalue weighted by Crippen LogP contribution is 2.32. The van der Waals surface area contributed by atoms with Gasteiger partial charge in [0.1, 0.15) is 11.2 Å². The summed E-state index contributed by atoms with van der Waals surface area (Å²) in [6.45, 7) is 3.19. The van der Waals surface area contributed by atoms with Crippen LogP contribution in [0.15, 0.2) is 91.0 Å². The van der Waals surface area contributed by atoms with Gasteiger partial charge in [0.2, 0.25) is 5.91 Å². The normalized spacial score (nSPS) is 17.7. The van der Waals surface area contributed by atoms with Gasteiger partial charge in [-0.25, -0.2) is 0 Å². The first-order valence-corrected chi connectivity index (χ1v) is 11.3. The number of carbonyl (C=O) groups is 2.